The van der Waals surface area contributed by atoms with Crippen molar-refractivity contribution in [3.8, 4) is 0 Å². The van der Waals surface area contributed by atoms with Crippen molar-refractivity contribution in [1.82, 2.24) is 5.32 Å². The van der Waals surface area contributed by atoms with E-state index in [0.717, 1.165) is 0 Å². The molecule has 2 N–H and O–H groups in total. The first-order chi connectivity index (χ1) is 17.3. The number of anilines is 2. The Kier molecular flexibility index (Phi) is 7.88. The van der Waals surface area contributed by atoms with Crippen molar-refractivity contribution in [3.63, 3.8) is 0 Å². The number of halogens is 2. The molecular formula is C26H22Cl2N4O3S. The number of carbonyl (C=O) groups is 2. The molecule has 1 amide bonds. The summed E-state index contributed by atoms with van der Waals surface area (Å²) in [6, 6.07) is 19.2. The number of carbonyl (C=O) groups excluding carboxylic acids is 2. The number of hydrogen-bond donors (Lipinski definition) is 2. The number of rotatable bonds is 5. The topological polar surface area (TPSA) is 83.0 Å². The van der Waals surface area contributed by atoms with Crippen LogP contribution >= 0.6 is 35.4 Å². The summed E-state index contributed by atoms with van der Waals surface area (Å²) in [7, 11) is 1.66. The highest BCUT2D eigenvalue weighted by Crippen LogP contribution is 2.31. The minimum absolute atomic E-state index is 0.147. The van der Waals surface area contributed by atoms with Gasteiger partial charge in [0.15, 0.2) is 5.11 Å². The van der Waals surface area contributed by atoms with Gasteiger partial charge in [0.1, 0.15) is 0 Å². The largest absolute Gasteiger partial charge is 0.462 e. The molecule has 0 spiro atoms. The minimum atomic E-state index is -1.05. The van der Waals surface area contributed by atoms with Crippen molar-refractivity contribution in [3.05, 3.63) is 93.5 Å². The molecule has 3 aromatic carbocycles. The van der Waals surface area contributed by atoms with E-state index in [1.807, 2.05) is 18.2 Å². The number of benzene rings is 3. The Bertz CT molecular complexity index is 1380. The Morgan fingerprint density at radius 2 is 1.86 bits per heavy atom. The highest BCUT2D eigenvalue weighted by molar-refractivity contribution is 7.80. The van der Waals surface area contributed by atoms with E-state index in [9.17, 15) is 9.59 Å². The summed E-state index contributed by atoms with van der Waals surface area (Å²) < 4.78 is 5.05. The third kappa shape index (κ3) is 5.51. The number of hydrogen-bond acceptors (Lipinski definition) is 5. The third-order valence-electron chi connectivity index (χ3n) is 5.43. The molecule has 1 aliphatic rings. The molecule has 0 aromatic heterocycles. The monoisotopic (exact) mass is 540 g/mol. The number of aliphatic imine (C=N–C) groups is 1. The van der Waals surface area contributed by atoms with Gasteiger partial charge in [0.2, 0.25) is 6.17 Å². The molecule has 0 saturated carbocycles. The normalized spacial score (nSPS) is 14.9. The Morgan fingerprint density at radius 1 is 1.08 bits per heavy atom. The van der Waals surface area contributed by atoms with Crippen molar-refractivity contribution in [1.29, 1.82) is 0 Å². The fourth-order valence-corrected chi connectivity index (χ4v) is 4.36. The number of fused-ring (bicyclic) bond motifs is 1. The SMILES string of the molecule is CCOC(=O)c1cccc(NC(=S)NC2N=C(c3ccccc3Cl)c3cc(Cl)ccc3N(C)C2=O)c1. The second-order valence-corrected chi connectivity index (χ2v) is 9.07. The van der Waals surface area contributed by atoms with Crippen molar-refractivity contribution in [2.24, 2.45) is 4.99 Å². The van der Waals surface area contributed by atoms with Crippen molar-refractivity contribution in [2.45, 2.75) is 13.1 Å². The van der Waals surface area contributed by atoms with Crippen LogP contribution < -0.4 is 15.5 Å². The van der Waals surface area contributed by atoms with Gasteiger partial charge in [-0.1, -0.05) is 47.5 Å². The minimum Gasteiger partial charge on any atom is -0.462 e. The van der Waals surface area contributed by atoms with Crippen LogP contribution in [0, 0.1) is 0 Å². The van der Waals surface area contributed by atoms with E-state index in [2.05, 4.69) is 10.6 Å². The Balaban J connectivity index is 1.67. The van der Waals surface area contributed by atoms with Gasteiger partial charge in [-0.25, -0.2) is 9.79 Å². The number of nitrogens with zero attached hydrogens (tertiary/aromatic N) is 2. The second kappa shape index (κ2) is 11.1. The predicted octanol–water partition coefficient (Wildman–Crippen LogP) is 5.30. The first-order valence-electron chi connectivity index (χ1n) is 11.0. The van der Waals surface area contributed by atoms with E-state index in [0.29, 0.717) is 43.8 Å². The Morgan fingerprint density at radius 3 is 2.61 bits per heavy atom. The van der Waals surface area contributed by atoms with Gasteiger partial charge in [-0.05, 0) is 61.6 Å². The standard InChI is InChI=1S/C26H22Cl2N4O3S/c1-3-35-25(34)15-7-6-8-17(13-15)29-26(36)31-23-24(33)32(2)21-12-11-16(27)14-19(21)22(30-23)18-9-4-5-10-20(18)28/h4-14,23H,3H2,1-2H3,(H2,29,31,36). The fourth-order valence-electron chi connectivity index (χ4n) is 3.74. The lowest BCUT2D eigenvalue weighted by atomic mass is 10.00. The summed E-state index contributed by atoms with van der Waals surface area (Å²) in [5.41, 5.74) is 3.38. The van der Waals surface area contributed by atoms with Crippen LogP contribution in [0.1, 0.15) is 28.4 Å². The van der Waals surface area contributed by atoms with Crippen LogP contribution in [0.5, 0.6) is 0 Å². The van der Waals surface area contributed by atoms with Gasteiger partial charge >= 0.3 is 5.97 Å². The molecule has 36 heavy (non-hydrogen) atoms. The molecule has 3 aromatic rings. The maximum atomic E-state index is 13.4. The summed E-state index contributed by atoms with van der Waals surface area (Å²) in [6.07, 6.45) is -1.05. The Labute approximate surface area is 224 Å². The summed E-state index contributed by atoms with van der Waals surface area (Å²) in [6.45, 7) is 2.01. The van der Waals surface area contributed by atoms with E-state index in [1.54, 1.807) is 62.5 Å². The first-order valence-corrected chi connectivity index (χ1v) is 12.2. The fraction of sp³-hybridized carbons (Fsp3) is 0.154. The molecule has 1 aliphatic heterocycles. The van der Waals surface area contributed by atoms with Crippen molar-refractivity contribution >= 4 is 69.5 Å². The predicted molar refractivity (Wildman–Crippen MR) is 147 cm³/mol. The lowest BCUT2D eigenvalue weighted by molar-refractivity contribution is -0.119. The van der Waals surface area contributed by atoms with Gasteiger partial charge in [0.05, 0.1) is 23.6 Å². The quantitative estimate of drug-likeness (QED) is 0.337. The van der Waals surface area contributed by atoms with E-state index in [1.165, 1.54) is 4.90 Å². The van der Waals surface area contributed by atoms with E-state index in [4.69, 9.17) is 45.1 Å². The molecule has 10 heteroatoms. The smallest absolute Gasteiger partial charge is 0.338 e. The van der Waals surface area contributed by atoms with Crippen LogP contribution in [0.4, 0.5) is 11.4 Å². The highest BCUT2D eigenvalue weighted by atomic mass is 35.5. The number of amides is 1. The molecule has 0 saturated heterocycles. The highest BCUT2D eigenvalue weighted by Gasteiger charge is 2.31. The zero-order chi connectivity index (χ0) is 25.8. The zero-order valence-corrected chi connectivity index (χ0v) is 21.7. The maximum absolute atomic E-state index is 13.4. The number of benzodiazepines with no additional fused rings is 1. The molecule has 1 unspecified atom stereocenters. The van der Waals surface area contributed by atoms with Gasteiger partial charge in [-0.15, -0.1) is 0 Å². The molecule has 0 aliphatic carbocycles. The zero-order valence-electron chi connectivity index (χ0n) is 19.4. The summed E-state index contributed by atoms with van der Waals surface area (Å²) in [5, 5.41) is 7.11. The third-order valence-corrected chi connectivity index (χ3v) is 6.21. The van der Waals surface area contributed by atoms with Crippen LogP contribution in [0.25, 0.3) is 0 Å². The maximum Gasteiger partial charge on any atom is 0.338 e. The Hall–Kier alpha value is -3.46. The second-order valence-electron chi connectivity index (χ2n) is 7.82. The molecule has 0 fully saturated rings. The van der Waals surface area contributed by atoms with Gasteiger partial charge in [0, 0.05) is 33.9 Å². The molecule has 184 valence electrons. The van der Waals surface area contributed by atoms with E-state index in [-0.39, 0.29) is 17.6 Å². The van der Waals surface area contributed by atoms with Crippen LogP contribution in [0.3, 0.4) is 0 Å². The number of esters is 1. The molecule has 0 bridgehead atoms. The molecule has 1 heterocycles. The number of nitrogens with one attached hydrogen (secondary N) is 2. The van der Waals surface area contributed by atoms with Crippen LogP contribution in [-0.4, -0.2) is 42.5 Å². The summed E-state index contributed by atoms with van der Waals surface area (Å²) >= 11 is 18.3. The van der Waals surface area contributed by atoms with Gasteiger partial charge < -0.3 is 20.3 Å². The van der Waals surface area contributed by atoms with Crippen molar-refractivity contribution in [2.75, 3.05) is 23.9 Å². The van der Waals surface area contributed by atoms with Crippen LogP contribution in [0.2, 0.25) is 10.0 Å². The number of likely N-dealkylation sites (N-methyl/N-ethyl adjacent to an activating group) is 1. The first kappa shape index (κ1) is 25.6. The average molecular weight is 541 g/mol. The number of thiocarbonyl (C=S) groups is 1. The molecule has 7 nitrogen and oxygen atoms in total. The summed E-state index contributed by atoms with van der Waals surface area (Å²) in [5.74, 6) is -0.768. The summed E-state index contributed by atoms with van der Waals surface area (Å²) in [4.78, 5) is 31.7. The van der Waals surface area contributed by atoms with Crippen molar-refractivity contribution < 1.29 is 14.3 Å². The van der Waals surface area contributed by atoms with E-state index < -0.39 is 12.1 Å². The van der Waals surface area contributed by atoms with Gasteiger partial charge in [0.25, 0.3) is 5.91 Å². The number of ether oxygens (including phenoxy) is 1. The molecular weight excluding hydrogens is 519 g/mol. The molecule has 1 atom stereocenters. The van der Waals surface area contributed by atoms with Gasteiger partial charge in [-0.2, -0.15) is 0 Å². The molecule has 0 radical (unpaired) electrons. The van der Waals surface area contributed by atoms with Gasteiger partial charge in [-0.3, -0.25) is 4.79 Å². The van der Waals surface area contributed by atoms with Crippen LogP contribution in [-0.2, 0) is 9.53 Å². The lowest BCUT2D eigenvalue weighted by Crippen LogP contribution is -2.47. The van der Waals surface area contributed by atoms with E-state index >= 15 is 0 Å². The average Bonchev–Trinajstić information content (AvgIpc) is 2.95. The molecule has 4 rings (SSSR count). The lowest BCUT2D eigenvalue weighted by Gasteiger charge is -2.22. The van der Waals surface area contributed by atoms with Crippen LogP contribution in [0.15, 0.2) is 71.7 Å².